The van der Waals surface area contributed by atoms with E-state index in [0.717, 1.165) is 13.0 Å². The van der Waals surface area contributed by atoms with Crippen molar-refractivity contribution in [2.45, 2.75) is 13.3 Å². The number of hydrogen-bond acceptors (Lipinski definition) is 2. The SMILES string of the molecule is CC1CC=CC2=C1N=CCN2. The molecule has 2 nitrogen and oxygen atoms in total. The molecule has 58 valence electrons. The van der Waals surface area contributed by atoms with Crippen molar-refractivity contribution in [2.75, 3.05) is 6.54 Å². The first kappa shape index (κ1) is 6.65. The van der Waals surface area contributed by atoms with Crippen LogP contribution in [0.4, 0.5) is 0 Å². The van der Waals surface area contributed by atoms with E-state index >= 15 is 0 Å². The van der Waals surface area contributed by atoms with Gasteiger partial charge in [-0.2, -0.15) is 0 Å². The maximum Gasteiger partial charge on any atom is 0.0662 e. The zero-order valence-electron chi connectivity index (χ0n) is 6.67. The Balaban J connectivity index is 2.36. The molecule has 0 saturated heterocycles. The van der Waals surface area contributed by atoms with Crippen LogP contribution < -0.4 is 5.32 Å². The number of allylic oxidation sites excluding steroid dienone is 3. The second kappa shape index (κ2) is 2.53. The fraction of sp³-hybridized carbons (Fsp3) is 0.444. The first-order chi connectivity index (χ1) is 5.38. The van der Waals surface area contributed by atoms with Crippen molar-refractivity contribution in [3.05, 3.63) is 23.5 Å². The zero-order valence-corrected chi connectivity index (χ0v) is 6.67. The van der Waals surface area contributed by atoms with Crippen LogP contribution >= 0.6 is 0 Å². The quantitative estimate of drug-likeness (QED) is 0.552. The molecular weight excluding hydrogens is 136 g/mol. The predicted octanol–water partition coefficient (Wildman–Crippen LogP) is 1.47. The lowest BCUT2D eigenvalue weighted by atomic mass is 9.96. The van der Waals surface area contributed by atoms with Crippen molar-refractivity contribution in [3.63, 3.8) is 0 Å². The minimum Gasteiger partial charge on any atom is -0.379 e. The van der Waals surface area contributed by atoms with Gasteiger partial charge in [-0.3, -0.25) is 4.99 Å². The Morgan fingerprint density at radius 1 is 1.64 bits per heavy atom. The van der Waals surface area contributed by atoms with Gasteiger partial charge in [-0.1, -0.05) is 13.0 Å². The van der Waals surface area contributed by atoms with Gasteiger partial charge in [0.15, 0.2) is 0 Å². The topological polar surface area (TPSA) is 24.4 Å². The second-order valence-corrected chi connectivity index (χ2v) is 3.03. The van der Waals surface area contributed by atoms with Crippen molar-refractivity contribution in [3.8, 4) is 0 Å². The summed E-state index contributed by atoms with van der Waals surface area (Å²) in [6.07, 6.45) is 7.40. The molecule has 1 atom stereocenters. The fourth-order valence-corrected chi connectivity index (χ4v) is 1.50. The molecule has 0 fully saturated rings. The first-order valence-electron chi connectivity index (χ1n) is 4.05. The largest absolute Gasteiger partial charge is 0.379 e. The van der Waals surface area contributed by atoms with Gasteiger partial charge in [0.2, 0.25) is 0 Å². The maximum atomic E-state index is 4.37. The van der Waals surface area contributed by atoms with E-state index in [0.29, 0.717) is 5.92 Å². The van der Waals surface area contributed by atoms with Crippen molar-refractivity contribution >= 4 is 6.21 Å². The standard InChI is InChI=1S/C9H12N2/c1-7-3-2-4-8-9(7)11-6-5-10-8/h2,4,6-7,10H,3,5H2,1H3. The highest BCUT2D eigenvalue weighted by molar-refractivity contribution is 5.64. The van der Waals surface area contributed by atoms with Gasteiger partial charge in [0.25, 0.3) is 0 Å². The molecule has 0 spiro atoms. The van der Waals surface area contributed by atoms with Gasteiger partial charge >= 0.3 is 0 Å². The summed E-state index contributed by atoms with van der Waals surface area (Å²) in [6, 6.07) is 0. The molecule has 1 heterocycles. The number of hydrogen-bond donors (Lipinski definition) is 1. The van der Waals surface area contributed by atoms with Crippen LogP contribution in [-0.4, -0.2) is 12.8 Å². The molecular formula is C9H12N2. The third kappa shape index (κ3) is 1.09. The highest BCUT2D eigenvalue weighted by Crippen LogP contribution is 2.25. The van der Waals surface area contributed by atoms with Crippen molar-refractivity contribution in [1.82, 2.24) is 5.32 Å². The smallest absolute Gasteiger partial charge is 0.0662 e. The number of nitrogens with zero attached hydrogens (tertiary/aromatic N) is 1. The first-order valence-corrected chi connectivity index (χ1v) is 4.05. The van der Waals surface area contributed by atoms with Gasteiger partial charge in [-0.25, -0.2) is 0 Å². The Morgan fingerprint density at radius 3 is 3.36 bits per heavy atom. The molecule has 2 heteroatoms. The summed E-state index contributed by atoms with van der Waals surface area (Å²) < 4.78 is 0. The van der Waals surface area contributed by atoms with Crippen LogP contribution in [0.3, 0.4) is 0 Å². The van der Waals surface area contributed by atoms with Crippen LogP contribution in [0.5, 0.6) is 0 Å². The molecule has 0 aromatic rings. The summed E-state index contributed by atoms with van der Waals surface area (Å²) in [6.45, 7) is 3.08. The molecule has 0 bridgehead atoms. The Hall–Kier alpha value is -1.05. The van der Waals surface area contributed by atoms with E-state index in [4.69, 9.17) is 0 Å². The minimum absolute atomic E-state index is 0.582. The van der Waals surface area contributed by atoms with Gasteiger partial charge in [0, 0.05) is 12.1 Å². The molecule has 2 aliphatic rings. The highest BCUT2D eigenvalue weighted by Gasteiger charge is 2.16. The van der Waals surface area contributed by atoms with Gasteiger partial charge in [0.1, 0.15) is 0 Å². The van der Waals surface area contributed by atoms with Crippen molar-refractivity contribution in [2.24, 2.45) is 10.9 Å². The van der Waals surface area contributed by atoms with Crippen molar-refractivity contribution < 1.29 is 0 Å². The maximum absolute atomic E-state index is 4.37. The lowest BCUT2D eigenvalue weighted by Crippen LogP contribution is -2.23. The molecule has 1 aliphatic heterocycles. The molecule has 0 saturated carbocycles. The summed E-state index contributed by atoms with van der Waals surface area (Å²) in [7, 11) is 0. The van der Waals surface area contributed by atoms with Crippen LogP contribution in [0.1, 0.15) is 13.3 Å². The van der Waals surface area contributed by atoms with Crippen LogP contribution in [0, 0.1) is 5.92 Å². The van der Waals surface area contributed by atoms with Crippen LogP contribution in [0.15, 0.2) is 28.5 Å². The number of rotatable bonds is 0. The summed E-state index contributed by atoms with van der Waals surface area (Å²) >= 11 is 0. The summed E-state index contributed by atoms with van der Waals surface area (Å²) in [5.41, 5.74) is 2.44. The Labute approximate surface area is 66.7 Å². The van der Waals surface area contributed by atoms with E-state index in [-0.39, 0.29) is 0 Å². The van der Waals surface area contributed by atoms with Crippen molar-refractivity contribution in [1.29, 1.82) is 0 Å². The average molecular weight is 148 g/mol. The average Bonchev–Trinajstić information content (AvgIpc) is 2.06. The summed E-state index contributed by atoms with van der Waals surface area (Å²) in [5, 5.41) is 3.29. The highest BCUT2D eigenvalue weighted by atomic mass is 15.0. The van der Waals surface area contributed by atoms with Crippen LogP contribution in [-0.2, 0) is 0 Å². The normalized spacial score (nSPS) is 28.3. The zero-order chi connectivity index (χ0) is 7.68. The lowest BCUT2D eigenvalue weighted by molar-refractivity contribution is 0.648. The molecule has 1 aliphatic carbocycles. The van der Waals surface area contributed by atoms with Crippen LogP contribution in [0.2, 0.25) is 0 Å². The van der Waals surface area contributed by atoms with Gasteiger partial charge < -0.3 is 5.32 Å². The summed E-state index contributed by atoms with van der Waals surface area (Å²) in [5.74, 6) is 0.582. The Kier molecular flexibility index (Phi) is 1.53. The third-order valence-corrected chi connectivity index (χ3v) is 2.13. The monoisotopic (exact) mass is 148 g/mol. The van der Waals surface area contributed by atoms with E-state index in [1.807, 2.05) is 6.21 Å². The molecule has 1 unspecified atom stereocenters. The molecule has 11 heavy (non-hydrogen) atoms. The molecule has 0 aromatic carbocycles. The fourth-order valence-electron chi connectivity index (χ4n) is 1.50. The van der Waals surface area contributed by atoms with Gasteiger partial charge in [0.05, 0.1) is 17.9 Å². The third-order valence-electron chi connectivity index (χ3n) is 2.13. The number of nitrogens with one attached hydrogen (secondary N) is 1. The molecule has 2 rings (SSSR count). The molecule has 1 N–H and O–H groups in total. The lowest BCUT2D eigenvalue weighted by Gasteiger charge is -2.22. The molecule has 0 radical (unpaired) electrons. The molecule has 0 aromatic heterocycles. The van der Waals surface area contributed by atoms with E-state index in [1.165, 1.54) is 11.4 Å². The van der Waals surface area contributed by atoms with Gasteiger partial charge in [-0.15, -0.1) is 0 Å². The molecule has 0 amide bonds. The summed E-state index contributed by atoms with van der Waals surface area (Å²) in [4.78, 5) is 4.37. The van der Waals surface area contributed by atoms with Crippen LogP contribution in [0.25, 0.3) is 0 Å². The second-order valence-electron chi connectivity index (χ2n) is 3.03. The minimum atomic E-state index is 0.582. The van der Waals surface area contributed by atoms with E-state index in [9.17, 15) is 0 Å². The predicted molar refractivity (Wildman–Crippen MR) is 46.4 cm³/mol. The van der Waals surface area contributed by atoms with E-state index < -0.39 is 0 Å². The number of aliphatic imine (C=N–C) groups is 1. The van der Waals surface area contributed by atoms with E-state index in [2.05, 4.69) is 29.4 Å². The van der Waals surface area contributed by atoms with Gasteiger partial charge in [-0.05, 0) is 12.5 Å². The Morgan fingerprint density at radius 2 is 2.55 bits per heavy atom. The Bertz CT molecular complexity index is 248. The van der Waals surface area contributed by atoms with E-state index in [1.54, 1.807) is 0 Å².